The molecule has 4 rings (SSSR count). The van der Waals surface area contributed by atoms with E-state index in [4.69, 9.17) is 9.47 Å². The first-order chi connectivity index (χ1) is 13.0. The van der Waals surface area contributed by atoms with E-state index in [1.807, 2.05) is 37.5 Å². The highest BCUT2D eigenvalue weighted by atomic mass is 16.5. The van der Waals surface area contributed by atoms with Crippen LogP contribution in [0.3, 0.4) is 0 Å². The highest BCUT2D eigenvalue weighted by Gasteiger charge is 2.48. The molecule has 0 bridgehead atoms. The molecule has 0 amide bonds. The molecule has 1 atom stereocenters. The molecular formula is C20H27N5O2. The second-order valence-corrected chi connectivity index (χ2v) is 7.81. The van der Waals surface area contributed by atoms with Crippen molar-refractivity contribution in [3.05, 3.63) is 42.0 Å². The van der Waals surface area contributed by atoms with Gasteiger partial charge in [0.2, 0.25) is 0 Å². The first kappa shape index (κ1) is 18.1. The lowest BCUT2D eigenvalue weighted by atomic mass is 9.84. The first-order valence-electron chi connectivity index (χ1n) is 9.43. The molecule has 0 aliphatic carbocycles. The maximum atomic E-state index is 6.18. The largest absolute Gasteiger partial charge is 0.373 e. The number of anilines is 2. The van der Waals surface area contributed by atoms with Gasteiger partial charge in [-0.2, -0.15) is 0 Å². The monoisotopic (exact) mass is 369 g/mol. The van der Waals surface area contributed by atoms with Crippen molar-refractivity contribution >= 4 is 11.6 Å². The molecule has 2 aromatic rings. The topological polar surface area (TPSA) is 63.6 Å². The molecule has 2 fully saturated rings. The van der Waals surface area contributed by atoms with Gasteiger partial charge in [0.1, 0.15) is 23.6 Å². The van der Waals surface area contributed by atoms with Gasteiger partial charge >= 0.3 is 0 Å². The van der Waals surface area contributed by atoms with E-state index in [1.54, 1.807) is 6.33 Å². The number of ether oxygens (including phenoxy) is 2. The maximum Gasteiger partial charge on any atom is 0.134 e. The molecule has 0 saturated carbocycles. The van der Waals surface area contributed by atoms with Crippen molar-refractivity contribution in [3.63, 3.8) is 0 Å². The summed E-state index contributed by atoms with van der Waals surface area (Å²) < 4.78 is 12.3. The minimum atomic E-state index is -0.114. The predicted molar refractivity (Wildman–Crippen MR) is 104 cm³/mol. The van der Waals surface area contributed by atoms with Gasteiger partial charge in [0.25, 0.3) is 0 Å². The predicted octanol–water partition coefficient (Wildman–Crippen LogP) is 2.20. The van der Waals surface area contributed by atoms with Crippen LogP contribution >= 0.6 is 0 Å². The molecule has 7 nitrogen and oxygen atoms in total. The fourth-order valence-electron chi connectivity index (χ4n) is 3.82. The second kappa shape index (κ2) is 7.40. The van der Waals surface area contributed by atoms with Gasteiger partial charge in [0.05, 0.1) is 25.8 Å². The third-order valence-electron chi connectivity index (χ3n) is 5.24. The van der Waals surface area contributed by atoms with Gasteiger partial charge in [-0.15, -0.1) is 0 Å². The third kappa shape index (κ3) is 4.04. The Morgan fingerprint density at radius 2 is 2.11 bits per heavy atom. The van der Waals surface area contributed by atoms with Crippen LogP contribution in [0, 0.1) is 6.92 Å². The van der Waals surface area contributed by atoms with E-state index >= 15 is 0 Å². The van der Waals surface area contributed by atoms with E-state index < -0.39 is 0 Å². The Balaban J connectivity index is 1.33. The summed E-state index contributed by atoms with van der Waals surface area (Å²) in [7, 11) is 3.97. The molecule has 144 valence electrons. The Morgan fingerprint density at radius 1 is 1.26 bits per heavy atom. The molecule has 0 radical (unpaired) electrons. The van der Waals surface area contributed by atoms with Gasteiger partial charge in [-0.3, -0.25) is 4.98 Å². The molecule has 7 heteroatoms. The van der Waals surface area contributed by atoms with Crippen molar-refractivity contribution in [2.24, 2.45) is 0 Å². The van der Waals surface area contributed by atoms with Crippen LogP contribution in [-0.2, 0) is 16.1 Å². The Labute approximate surface area is 160 Å². The van der Waals surface area contributed by atoms with Crippen molar-refractivity contribution in [3.8, 4) is 0 Å². The van der Waals surface area contributed by atoms with Crippen LogP contribution in [-0.4, -0.2) is 60.4 Å². The molecule has 2 aliphatic heterocycles. The van der Waals surface area contributed by atoms with Crippen molar-refractivity contribution in [1.82, 2.24) is 15.0 Å². The molecule has 2 saturated heterocycles. The van der Waals surface area contributed by atoms with Crippen LogP contribution in [0.5, 0.6) is 0 Å². The molecule has 1 spiro atoms. The van der Waals surface area contributed by atoms with Crippen molar-refractivity contribution in [1.29, 1.82) is 0 Å². The minimum Gasteiger partial charge on any atom is -0.373 e. The number of nitrogens with zero attached hydrogens (tertiary/aromatic N) is 5. The highest BCUT2D eigenvalue weighted by Crippen LogP contribution is 2.37. The first-order valence-corrected chi connectivity index (χ1v) is 9.43. The molecular weight excluding hydrogens is 342 g/mol. The third-order valence-corrected chi connectivity index (χ3v) is 5.24. The summed E-state index contributed by atoms with van der Waals surface area (Å²) in [6.45, 7) is 5.11. The Morgan fingerprint density at radius 3 is 2.89 bits per heavy atom. The summed E-state index contributed by atoms with van der Waals surface area (Å²) in [4.78, 5) is 17.2. The summed E-state index contributed by atoms with van der Waals surface area (Å²) in [6, 6.07) is 4.15. The fourth-order valence-corrected chi connectivity index (χ4v) is 3.82. The van der Waals surface area contributed by atoms with E-state index in [9.17, 15) is 0 Å². The lowest BCUT2D eigenvalue weighted by molar-refractivity contribution is -0.148. The van der Waals surface area contributed by atoms with E-state index in [0.717, 1.165) is 55.3 Å². The normalized spacial score (nSPS) is 21.1. The zero-order chi connectivity index (χ0) is 18.9. The number of hydrogen-bond donors (Lipinski definition) is 0. The smallest absolute Gasteiger partial charge is 0.134 e. The minimum absolute atomic E-state index is 0.114. The molecule has 2 aliphatic rings. The van der Waals surface area contributed by atoms with Crippen LogP contribution < -0.4 is 9.80 Å². The summed E-state index contributed by atoms with van der Waals surface area (Å²) in [6.07, 6.45) is 7.46. The fraction of sp³-hybridized carbons (Fsp3) is 0.550. The van der Waals surface area contributed by atoms with Crippen molar-refractivity contribution < 1.29 is 9.47 Å². The number of aromatic nitrogens is 3. The lowest BCUT2D eigenvalue weighted by Crippen LogP contribution is -2.66. The van der Waals surface area contributed by atoms with Crippen molar-refractivity contribution in [2.45, 2.75) is 38.1 Å². The Bertz CT molecular complexity index is 791. The zero-order valence-electron chi connectivity index (χ0n) is 16.3. The SMILES string of the molecule is Cc1cncc(CO[C@@H]2CCOC3(C2)CN(c2cc(N(C)C)ncn2)C3)c1. The number of rotatable bonds is 5. The van der Waals surface area contributed by atoms with Crippen molar-refractivity contribution in [2.75, 3.05) is 43.6 Å². The number of pyridine rings is 1. The average Bonchev–Trinajstić information content (AvgIpc) is 2.65. The summed E-state index contributed by atoms with van der Waals surface area (Å²) in [5.41, 5.74) is 2.18. The number of hydrogen-bond acceptors (Lipinski definition) is 7. The molecule has 0 N–H and O–H groups in total. The van der Waals surface area contributed by atoms with Crippen LogP contribution in [0.2, 0.25) is 0 Å². The highest BCUT2D eigenvalue weighted by molar-refractivity contribution is 5.52. The number of aryl methyl sites for hydroxylation is 1. The molecule has 27 heavy (non-hydrogen) atoms. The molecule has 4 heterocycles. The average molecular weight is 369 g/mol. The van der Waals surface area contributed by atoms with Crippen LogP contribution in [0.4, 0.5) is 11.6 Å². The summed E-state index contributed by atoms with van der Waals surface area (Å²) >= 11 is 0. The van der Waals surface area contributed by atoms with Crippen LogP contribution in [0.25, 0.3) is 0 Å². The van der Waals surface area contributed by atoms with E-state index in [0.29, 0.717) is 6.61 Å². The Hall–Kier alpha value is -2.25. The lowest BCUT2D eigenvalue weighted by Gasteiger charge is -2.53. The standard InChI is InChI=1S/C20H27N5O2/c1-15-6-16(10-21-9-15)11-26-17-4-5-27-20(8-17)12-25(13-20)19-7-18(24(2)3)22-14-23-19/h6-7,9-10,14,17H,4-5,8,11-13H2,1-3H3/t17-/m1/s1. The zero-order valence-corrected chi connectivity index (χ0v) is 16.3. The van der Waals surface area contributed by atoms with E-state index in [2.05, 4.69) is 32.8 Å². The van der Waals surface area contributed by atoms with Crippen LogP contribution in [0.15, 0.2) is 30.9 Å². The Kier molecular flexibility index (Phi) is 4.97. The van der Waals surface area contributed by atoms with E-state index in [1.165, 1.54) is 0 Å². The van der Waals surface area contributed by atoms with Gasteiger partial charge in [-0.05, 0) is 24.5 Å². The van der Waals surface area contributed by atoms with Gasteiger partial charge in [0, 0.05) is 45.6 Å². The van der Waals surface area contributed by atoms with Gasteiger partial charge in [-0.25, -0.2) is 9.97 Å². The van der Waals surface area contributed by atoms with Gasteiger partial charge in [0.15, 0.2) is 0 Å². The van der Waals surface area contributed by atoms with E-state index in [-0.39, 0.29) is 11.7 Å². The van der Waals surface area contributed by atoms with Crippen LogP contribution in [0.1, 0.15) is 24.0 Å². The van der Waals surface area contributed by atoms with Gasteiger partial charge in [-0.1, -0.05) is 6.07 Å². The maximum absolute atomic E-state index is 6.18. The molecule has 0 unspecified atom stereocenters. The van der Waals surface area contributed by atoms with Gasteiger partial charge < -0.3 is 19.3 Å². The second-order valence-electron chi connectivity index (χ2n) is 7.81. The molecule has 2 aromatic heterocycles. The summed E-state index contributed by atoms with van der Waals surface area (Å²) in [5.74, 6) is 1.87. The summed E-state index contributed by atoms with van der Waals surface area (Å²) in [5, 5.41) is 0. The molecule has 0 aromatic carbocycles. The quantitative estimate of drug-likeness (QED) is 0.800.